The predicted octanol–water partition coefficient (Wildman–Crippen LogP) is 2.76. The first-order valence-corrected chi connectivity index (χ1v) is 6.93. The first kappa shape index (κ1) is 16.5. The van der Waals surface area contributed by atoms with Crippen LogP contribution in [0.4, 0.5) is 18.0 Å². The van der Waals surface area contributed by atoms with Crippen molar-refractivity contribution >= 4 is 6.09 Å². The Hall–Kier alpha value is -1.83. The Kier molecular flexibility index (Phi) is 5.59. The highest BCUT2D eigenvalue weighted by Gasteiger charge is 2.31. The molecule has 22 heavy (non-hydrogen) atoms. The number of hydrogen-bond acceptors (Lipinski definition) is 4. The number of carbonyl (C=O) groups excluding carboxylic acids is 1. The van der Waals surface area contributed by atoms with Crippen LogP contribution in [0.2, 0.25) is 0 Å². The Labute approximate surface area is 126 Å². The van der Waals surface area contributed by atoms with Crippen molar-refractivity contribution < 1.29 is 27.4 Å². The zero-order valence-corrected chi connectivity index (χ0v) is 11.9. The molecule has 0 spiro atoms. The van der Waals surface area contributed by atoms with E-state index in [9.17, 15) is 18.0 Å². The molecule has 0 aromatic carbocycles. The van der Waals surface area contributed by atoms with Gasteiger partial charge >= 0.3 is 12.3 Å². The maximum Gasteiger partial charge on any atom is 0.422 e. The van der Waals surface area contributed by atoms with E-state index >= 15 is 0 Å². The van der Waals surface area contributed by atoms with Crippen molar-refractivity contribution in [3.8, 4) is 0 Å². The monoisotopic (exact) mass is 318 g/mol. The number of carbonyl (C=O) groups is 1. The number of halogens is 3. The van der Waals surface area contributed by atoms with E-state index in [0.717, 1.165) is 12.8 Å². The molecule has 1 aliphatic rings. The fraction of sp³-hybridized carbons (Fsp3) is 0.571. The molecule has 0 N–H and O–H groups in total. The summed E-state index contributed by atoms with van der Waals surface area (Å²) < 4.78 is 46.3. The summed E-state index contributed by atoms with van der Waals surface area (Å²) in [4.78, 5) is 17.1. The van der Waals surface area contributed by atoms with Crippen molar-refractivity contribution in [2.45, 2.75) is 31.7 Å². The number of amides is 1. The summed E-state index contributed by atoms with van der Waals surface area (Å²) in [5.74, 6) is 0. The topological polar surface area (TPSA) is 51.7 Å². The molecule has 1 saturated heterocycles. The van der Waals surface area contributed by atoms with E-state index < -0.39 is 18.9 Å². The third-order valence-corrected chi connectivity index (χ3v) is 3.16. The highest BCUT2D eigenvalue weighted by atomic mass is 19.4. The Balaban J connectivity index is 1.98. The van der Waals surface area contributed by atoms with E-state index in [-0.39, 0.29) is 19.2 Å². The highest BCUT2D eigenvalue weighted by molar-refractivity contribution is 5.67. The molecule has 122 valence electrons. The fourth-order valence-electron chi connectivity index (χ4n) is 2.18. The van der Waals surface area contributed by atoms with Gasteiger partial charge in [0.05, 0.1) is 19.2 Å². The second kappa shape index (κ2) is 7.44. The van der Waals surface area contributed by atoms with Crippen LogP contribution in [0.25, 0.3) is 0 Å². The number of alkyl halides is 3. The highest BCUT2D eigenvalue weighted by Crippen LogP contribution is 2.18. The molecular formula is C14H17F3N2O3. The Morgan fingerprint density at radius 2 is 2.32 bits per heavy atom. The van der Waals surface area contributed by atoms with Crippen molar-refractivity contribution in [1.29, 1.82) is 0 Å². The maximum atomic E-state index is 12.2. The molecule has 0 aliphatic carbocycles. The number of nitrogens with zero attached hydrogens (tertiary/aromatic N) is 2. The van der Waals surface area contributed by atoms with Gasteiger partial charge in [-0.25, -0.2) is 4.79 Å². The van der Waals surface area contributed by atoms with Crippen molar-refractivity contribution in [1.82, 2.24) is 9.88 Å². The molecule has 0 bridgehead atoms. The number of ether oxygens (including phenoxy) is 2. The molecule has 1 fully saturated rings. The van der Waals surface area contributed by atoms with Crippen LogP contribution in [-0.2, 0) is 16.0 Å². The number of aromatic nitrogens is 1. The average molecular weight is 318 g/mol. The number of pyridine rings is 1. The molecular weight excluding hydrogens is 301 g/mol. The molecule has 1 aromatic rings. The van der Waals surface area contributed by atoms with Crippen molar-refractivity contribution in [3.63, 3.8) is 0 Å². The lowest BCUT2D eigenvalue weighted by Crippen LogP contribution is -2.38. The van der Waals surface area contributed by atoms with Gasteiger partial charge < -0.3 is 14.4 Å². The summed E-state index contributed by atoms with van der Waals surface area (Å²) in [5.41, 5.74) is 0.712. The van der Waals surface area contributed by atoms with Crippen LogP contribution < -0.4 is 0 Å². The second-order valence-corrected chi connectivity index (χ2v) is 5.05. The lowest BCUT2D eigenvalue weighted by Gasteiger charge is -2.25. The third-order valence-electron chi connectivity index (χ3n) is 3.16. The van der Waals surface area contributed by atoms with Crippen LogP contribution in [0.3, 0.4) is 0 Å². The van der Waals surface area contributed by atoms with Gasteiger partial charge in [-0.2, -0.15) is 13.2 Å². The summed E-state index contributed by atoms with van der Waals surface area (Å²) in [6.07, 6.45) is -0.930. The first-order chi connectivity index (χ1) is 10.4. The average Bonchev–Trinajstić information content (AvgIpc) is 2.97. The quantitative estimate of drug-likeness (QED) is 0.838. The van der Waals surface area contributed by atoms with Gasteiger partial charge in [-0.05, 0) is 24.5 Å². The standard InChI is InChI=1S/C14H17F3N2O3/c15-14(16,17)10-22-13(20)19(9-12-4-2-6-21-12)8-11-3-1-5-18-7-11/h1,3,5,7,12H,2,4,6,8-10H2. The van der Waals surface area contributed by atoms with Gasteiger partial charge in [0, 0.05) is 19.0 Å². The molecule has 1 amide bonds. The molecule has 2 rings (SSSR count). The van der Waals surface area contributed by atoms with E-state index in [1.807, 2.05) is 0 Å². The molecule has 1 aromatic heterocycles. The second-order valence-electron chi connectivity index (χ2n) is 5.05. The Morgan fingerprint density at radius 1 is 1.50 bits per heavy atom. The summed E-state index contributed by atoms with van der Waals surface area (Å²) in [6, 6.07) is 3.44. The molecule has 0 saturated carbocycles. The minimum Gasteiger partial charge on any atom is -0.440 e. The number of hydrogen-bond donors (Lipinski definition) is 0. The van der Waals surface area contributed by atoms with Crippen LogP contribution in [0, 0.1) is 0 Å². The maximum absolute atomic E-state index is 12.2. The molecule has 2 heterocycles. The largest absolute Gasteiger partial charge is 0.440 e. The van der Waals surface area contributed by atoms with Gasteiger partial charge in [0.1, 0.15) is 0 Å². The fourth-order valence-corrected chi connectivity index (χ4v) is 2.18. The van der Waals surface area contributed by atoms with Crippen LogP contribution in [0.5, 0.6) is 0 Å². The van der Waals surface area contributed by atoms with Crippen molar-refractivity contribution in [2.24, 2.45) is 0 Å². The molecule has 1 unspecified atom stereocenters. The van der Waals surface area contributed by atoms with E-state index in [1.54, 1.807) is 24.5 Å². The van der Waals surface area contributed by atoms with Crippen LogP contribution in [-0.4, -0.2) is 48.0 Å². The zero-order chi connectivity index (χ0) is 16.0. The minimum atomic E-state index is -4.54. The lowest BCUT2D eigenvalue weighted by molar-refractivity contribution is -0.162. The van der Waals surface area contributed by atoms with Gasteiger partial charge in [-0.3, -0.25) is 4.98 Å². The van der Waals surface area contributed by atoms with Crippen molar-refractivity contribution in [2.75, 3.05) is 19.8 Å². The van der Waals surface area contributed by atoms with Gasteiger partial charge in [0.15, 0.2) is 6.61 Å². The molecule has 1 atom stereocenters. The predicted molar refractivity (Wildman–Crippen MR) is 71.0 cm³/mol. The van der Waals surface area contributed by atoms with Crippen LogP contribution >= 0.6 is 0 Å². The minimum absolute atomic E-state index is 0.129. The molecule has 8 heteroatoms. The van der Waals surface area contributed by atoms with Crippen LogP contribution in [0.1, 0.15) is 18.4 Å². The van der Waals surface area contributed by atoms with Gasteiger partial charge in [0.25, 0.3) is 0 Å². The molecule has 5 nitrogen and oxygen atoms in total. The zero-order valence-electron chi connectivity index (χ0n) is 11.9. The summed E-state index contributed by atoms with van der Waals surface area (Å²) in [6.45, 7) is -0.667. The Bertz CT molecular complexity index is 476. The Morgan fingerprint density at radius 3 is 2.91 bits per heavy atom. The number of rotatable bonds is 5. The normalized spacial score (nSPS) is 18.2. The van der Waals surface area contributed by atoms with E-state index in [0.29, 0.717) is 12.2 Å². The lowest BCUT2D eigenvalue weighted by atomic mass is 10.2. The van der Waals surface area contributed by atoms with E-state index in [1.165, 1.54) is 4.90 Å². The summed E-state index contributed by atoms with van der Waals surface area (Å²) in [7, 11) is 0. The van der Waals surface area contributed by atoms with Crippen molar-refractivity contribution in [3.05, 3.63) is 30.1 Å². The van der Waals surface area contributed by atoms with Gasteiger partial charge in [-0.1, -0.05) is 6.07 Å². The van der Waals surface area contributed by atoms with Crippen LogP contribution in [0.15, 0.2) is 24.5 Å². The molecule has 1 aliphatic heterocycles. The van der Waals surface area contributed by atoms with Gasteiger partial charge in [-0.15, -0.1) is 0 Å². The molecule has 0 radical (unpaired) electrons. The first-order valence-electron chi connectivity index (χ1n) is 6.93. The van der Waals surface area contributed by atoms with E-state index in [2.05, 4.69) is 9.72 Å². The van der Waals surface area contributed by atoms with E-state index in [4.69, 9.17) is 4.74 Å². The summed E-state index contributed by atoms with van der Waals surface area (Å²) >= 11 is 0. The smallest absolute Gasteiger partial charge is 0.422 e. The van der Waals surface area contributed by atoms with Gasteiger partial charge in [0.2, 0.25) is 0 Å². The summed E-state index contributed by atoms with van der Waals surface area (Å²) in [5, 5.41) is 0. The SMILES string of the molecule is O=C(OCC(F)(F)F)N(Cc1cccnc1)CC1CCCO1. The third kappa shape index (κ3) is 5.51.